The Morgan fingerprint density at radius 1 is 1.11 bits per heavy atom. The lowest BCUT2D eigenvalue weighted by atomic mass is 10.1. The van der Waals surface area contributed by atoms with Crippen LogP contribution >= 0.6 is 0 Å². The van der Waals surface area contributed by atoms with Gasteiger partial charge in [-0.3, -0.25) is 0 Å². The van der Waals surface area contributed by atoms with E-state index in [1.54, 1.807) is 31.2 Å². The minimum Gasteiger partial charge on any atom is -0.492 e. The summed E-state index contributed by atoms with van der Waals surface area (Å²) in [4.78, 5) is 11.6. The number of nitrogens with one attached hydrogen (secondary N) is 1. The molecule has 0 amide bonds. The standard InChI is InChI=1S/C20H23NO5S/c1-3-25-20(22)13-14-26-19(17-7-5-4-6-8-17)15-21-27(23,24)18-11-9-16(2)10-12-18/h4-14,19,21H,3,15H2,1-2H3/b14-13+. The van der Waals surface area contributed by atoms with Gasteiger partial charge in [-0.15, -0.1) is 0 Å². The van der Waals surface area contributed by atoms with Gasteiger partial charge in [0.25, 0.3) is 0 Å². The molecule has 0 aromatic heterocycles. The Labute approximate surface area is 159 Å². The van der Waals surface area contributed by atoms with Crippen molar-refractivity contribution in [2.24, 2.45) is 0 Å². The topological polar surface area (TPSA) is 81.7 Å². The predicted molar refractivity (Wildman–Crippen MR) is 102 cm³/mol. The zero-order valence-electron chi connectivity index (χ0n) is 15.3. The number of aryl methyl sites for hydroxylation is 1. The van der Waals surface area contributed by atoms with Gasteiger partial charge in [-0.2, -0.15) is 0 Å². The highest BCUT2D eigenvalue weighted by atomic mass is 32.2. The molecule has 6 nitrogen and oxygen atoms in total. The number of sulfonamides is 1. The predicted octanol–water partition coefficient (Wildman–Crippen LogP) is 3.11. The smallest absolute Gasteiger partial charge is 0.333 e. The lowest BCUT2D eigenvalue weighted by Crippen LogP contribution is -2.29. The summed E-state index contributed by atoms with van der Waals surface area (Å²) in [7, 11) is -3.68. The first-order valence-electron chi connectivity index (χ1n) is 8.52. The fourth-order valence-electron chi connectivity index (χ4n) is 2.28. The molecular weight excluding hydrogens is 366 g/mol. The molecule has 0 saturated heterocycles. The summed E-state index contributed by atoms with van der Waals surface area (Å²) in [5.41, 5.74) is 1.75. The maximum Gasteiger partial charge on any atom is 0.333 e. The number of esters is 1. The Morgan fingerprint density at radius 2 is 1.78 bits per heavy atom. The van der Waals surface area contributed by atoms with Crippen molar-refractivity contribution in [3.05, 3.63) is 78.1 Å². The van der Waals surface area contributed by atoms with E-state index >= 15 is 0 Å². The zero-order valence-corrected chi connectivity index (χ0v) is 16.1. The number of ether oxygens (including phenoxy) is 2. The van der Waals surface area contributed by atoms with Gasteiger partial charge in [-0.05, 0) is 31.5 Å². The first kappa shape index (κ1) is 20.7. The van der Waals surface area contributed by atoms with Crippen molar-refractivity contribution < 1.29 is 22.7 Å². The first-order chi connectivity index (χ1) is 12.9. The average Bonchev–Trinajstić information content (AvgIpc) is 2.66. The Kier molecular flexibility index (Phi) is 7.57. The second-order valence-electron chi connectivity index (χ2n) is 5.76. The second kappa shape index (κ2) is 9.89. The maximum atomic E-state index is 12.5. The van der Waals surface area contributed by atoms with Gasteiger partial charge in [0, 0.05) is 0 Å². The third-order valence-electron chi connectivity index (χ3n) is 3.69. The van der Waals surface area contributed by atoms with Gasteiger partial charge in [-0.25, -0.2) is 17.9 Å². The summed E-state index contributed by atoms with van der Waals surface area (Å²) < 4.78 is 37.9. The van der Waals surface area contributed by atoms with Gasteiger partial charge in [0.15, 0.2) is 0 Å². The van der Waals surface area contributed by atoms with E-state index in [4.69, 9.17) is 9.47 Å². The summed E-state index contributed by atoms with van der Waals surface area (Å²) in [6.07, 6.45) is 1.78. The van der Waals surface area contributed by atoms with Gasteiger partial charge in [0.1, 0.15) is 6.10 Å². The van der Waals surface area contributed by atoms with E-state index in [9.17, 15) is 13.2 Å². The molecule has 0 aliphatic rings. The molecular formula is C20H23NO5S. The van der Waals surface area contributed by atoms with Gasteiger partial charge in [-0.1, -0.05) is 48.0 Å². The highest BCUT2D eigenvalue weighted by molar-refractivity contribution is 7.89. The molecule has 2 rings (SSSR count). The van der Waals surface area contributed by atoms with Crippen LogP contribution < -0.4 is 4.72 Å². The van der Waals surface area contributed by atoms with Gasteiger partial charge < -0.3 is 9.47 Å². The molecule has 7 heteroatoms. The molecule has 0 radical (unpaired) electrons. The molecule has 0 spiro atoms. The van der Waals surface area contributed by atoms with Crippen molar-refractivity contribution in [3.63, 3.8) is 0 Å². The molecule has 2 aromatic carbocycles. The lowest BCUT2D eigenvalue weighted by Gasteiger charge is -2.18. The van der Waals surface area contributed by atoms with E-state index < -0.39 is 22.1 Å². The van der Waals surface area contributed by atoms with Crippen molar-refractivity contribution in [2.45, 2.75) is 24.8 Å². The molecule has 2 aromatic rings. The fourth-order valence-corrected chi connectivity index (χ4v) is 3.31. The van der Waals surface area contributed by atoms with Crippen LogP contribution in [0.3, 0.4) is 0 Å². The molecule has 1 N–H and O–H groups in total. The van der Waals surface area contributed by atoms with Gasteiger partial charge in [0.2, 0.25) is 10.0 Å². The third kappa shape index (κ3) is 6.54. The highest BCUT2D eigenvalue weighted by Gasteiger charge is 2.18. The van der Waals surface area contributed by atoms with Gasteiger partial charge >= 0.3 is 5.97 Å². The number of hydrogen-bond donors (Lipinski definition) is 1. The third-order valence-corrected chi connectivity index (χ3v) is 5.13. The van der Waals surface area contributed by atoms with E-state index in [1.807, 2.05) is 37.3 Å². The largest absolute Gasteiger partial charge is 0.492 e. The monoisotopic (exact) mass is 389 g/mol. The van der Waals surface area contributed by atoms with E-state index in [0.717, 1.165) is 17.2 Å². The summed E-state index contributed by atoms with van der Waals surface area (Å²) >= 11 is 0. The van der Waals surface area contributed by atoms with Crippen LogP contribution in [0.1, 0.15) is 24.2 Å². The van der Waals surface area contributed by atoms with E-state index in [-0.39, 0.29) is 18.0 Å². The van der Waals surface area contributed by atoms with E-state index in [0.29, 0.717) is 0 Å². The maximum absolute atomic E-state index is 12.5. The van der Waals surface area contributed by atoms with Crippen LogP contribution in [-0.4, -0.2) is 27.5 Å². The number of carbonyl (C=O) groups is 1. The van der Waals surface area contributed by atoms with E-state index in [2.05, 4.69) is 4.72 Å². The normalized spacial score (nSPS) is 12.7. The molecule has 27 heavy (non-hydrogen) atoms. The van der Waals surface area contributed by atoms with Crippen molar-refractivity contribution in [2.75, 3.05) is 13.2 Å². The van der Waals surface area contributed by atoms with Crippen molar-refractivity contribution in [1.29, 1.82) is 0 Å². The van der Waals surface area contributed by atoms with Gasteiger partial charge in [0.05, 0.1) is 30.4 Å². The van der Waals surface area contributed by atoms with Crippen LogP contribution in [0.25, 0.3) is 0 Å². The van der Waals surface area contributed by atoms with Crippen molar-refractivity contribution in [1.82, 2.24) is 4.72 Å². The number of hydrogen-bond acceptors (Lipinski definition) is 5. The minimum atomic E-state index is -3.68. The van der Waals surface area contributed by atoms with Crippen molar-refractivity contribution in [3.8, 4) is 0 Å². The second-order valence-corrected chi connectivity index (χ2v) is 7.52. The van der Waals surface area contributed by atoms with Crippen LogP contribution in [-0.2, 0) is 24.3 Å². The fraction of sp³-hybridized carbons (Fsp3) is 0.250. The lowest BCUT2D eigenvalue weighted by molar-refractivity contribution is -0.137. The number of rotatable bonds is 9. The number of carbonyl (C=O) groups excluding carboxylic acids is 1. The Morgan fingerprint density at radius 3 is 2.41 bits per heavy atom. The van der Waals surface area contributed by atoms with Crippen LogP contribution in [0.5, 0.6) is 0 Å². The molecule has 1 unspecified atom stereocenters. The summed E-state index contributed by atoms with van der Waals surface area (Å²) in [5, 5.41) is 0. The summed E-state index contributed by atoms with van der Waals surface area (Å²) in [5.74, 6) is -0.524. The quantitative estimate of drug-likeness (QED) is 0.405. The van der Waals surface area contributed by atoms with E-state index in [1.165, 1.54) is 6.26 Å². The first-order valence-corrected chi connectivity index (χ1v) is 10.0. The summed E-state index contributed by atoms with van der Waals surface area (Å²) in [6.45, 7) is 3.87. The summed E-state index contributed by atoms with van der Waals surface area (Å²) in [6, 6.07) is 15.7. The Bertz CT molecular complexity index is 861. The average molecular weight is 389 g/mol. The molecule has 144 valence electrons. The van der Waals surface area contributed by atoms with Crippen LogP contribution in [0.15, 0.2) is 71.8 Å². The van der Waals surface area contributed by atoms with Crippen LogP contribution in [0, 0.1) is 6.92 Å². The number of benzene rings is 2. The van der Waals surface area contributed by atoms with Crippen LogP contribution in [0.2, 0.25) is 0 Å². The highest BCUT2D eigenvalue weighted by Crippen LogP contribution is 2.18. The molecule has 0 bridgehead atoms. The molecule has 0 aliphatic carbocycles. The molecule has 0 aliphatic heterocycles. The van der Waals surface area contributed by atoms with Crippen LogP contribution in [0.4, 0.5) is 0 Å². The molecule has 0 heterocycles. The minimum absolute atomic E-state index is 0.00733. The Balaban J connectivity index is 2.10. The van der Waals surface area contributed by atoms with Crippen molar-refractivity contribution >= 4 is 16.0 Å². The SMILES string of the molecule is CCOC(=O)/C=C/OC(CNS(=O)(=O)c1ccc(C)cc1)c1ccccc1. The molecule has 0 saturated carbocycles. The Hall–Kier alpha value is -2.64. The molecule has 1 atom stereocenters. The molecule has 0 fully saturated rings. The zero-order chi connectivity index (χ0) is 19.7.